The number of hydrogen-bond acceptors (Lipinski definition) is 5. The quantitative estimate of drug-likeness (QED) is 0.795. The van der Waals surface area contributed by atoms with E-state index in [9.17, 15) is 5.11 Å². The fourth-order valence-electron chi connectivity index (χ4n) is 1.55. The highest BCUT2D eigenvalue weighted by atomic mass is 32.2. The van der Waals surface area contributed by atoms with Crippen LogP contribution in [0.25, 0.3) is 0 Å². The van der Waals surface area contributed by atoms with Crippen molar-refractivity contribution in [2.24, 2.45) is 0 Å². The highest BCUT2D eigenvalue weighted by molar-refractivity contribution is 7.99. The molecule has 20 heavy (non-hydrogen) atoms. The molecule has 5 heteroatoms. The molecule has 2 rings (SSSR count). The minimum absolute atomic E-state index is 0.243. The number of pyridine rings is 1. The number of nitrogens with zero attached hydrogens (tertiary/aromatic N) is 1. The summed E-state index contributed by atoms with van der Waals surface area (Å²) in [5.41, 5.74) is 0. The zero-order valence-corrected chi connectivity index (χ0v) is 12.0. The number of aliphatic hydroxyl groups is 1. The summed E-state index contributed by atoms with van der Waals surface area (Å²) in [6.07, 6.45) is 1.19. The van der Waals surface area contributed by atoms with Gasteiger partial charge in [-0.3, -0.25) is 0 Å². The molecule has 0 aliphatic carbocycles. The predicted molar refractivity (Wildman–Crippen MR) is 79.5 cm³/mol. The molecule has 0 bridgehead atoms. The number of thioether (sulfide) groups is 1. The standard InChI is InChI=1S/C15H17NO3S/c1-18-13-5-4-6-14(9-13)19-10-12(17)11-20-15-7-2-3-8-16-15/h2-9,12,17H,10-11H2,1H3/t12-/m1/s1. The molecule has 0 radical (unpaired) electrons. The van der Waals surface area contributed by atoms with E-state index in [1.54, 1.807) is 19.4 Å². The van der Waals surface area contributed by atoms with Gasteiger partial charge >= 0.3 is 0 Å². The maximum Gasteiger partial charge on any atom is 0.123 e. The molecule has 106 valence electrons. The first kappa shape index (κ1) is 14.7. The van der Waals surface area contributed by atoms with E-state index in [-0.39, 0.29) is 6.61 Å². The second kappa shape index (κ2) is 7.77. The zero-order valence-electron chi connectivity index (χ0n) is 11.2. The lowest BCUT2D eigenvalue weighted by Crippen LogP contribution is -2.20. The summed E-state index contributed by atoms with van der Waals surface area (Å²) in [5, 5.41) is 10.8. The molecule has 1 aromatic heterocycles. The number of aliphatic hydroxyl groups excluding tert-OH is 1. The monoisotopic (exact) mass is 291 g/mol. The van der Waals surface area contributed by atoms with Crippen molar-refractivity contribution in [3.8, 4) is 11.5 Å². The lowest BCUT2D eigenvalue weighted by molar-refractivity contribution is 0.126. The van der Waals surface area contributed by atoms with Crippen LogP contribution in [0.1, 0.15) is 0 Å². The summed E-state index contributed by atoms with van der Waals surface area (Å²) < 4.78 is 10.6. The van der Waals surface area contributed by atoms with Crippen LogP contribution in [0, 0.1) is 0 Å². The molecule has 0 amide bonds. The molecule has 0 spiro atoms. The Morgan fingerprint density at radius 3 is 2.80 bits per heavy atom. The fourth-order valence-corrected chi connectivity index (χ4v) is 2.32. The third-order valence-corrected chi connectivity index (χ3v) is 3.63. The summed E-state index contributed by atoms with van der Waals surface area (Å²) in [5.74, 6) is 1.96. The van der Waals surface area contributed by atoms with Crippen molar-refractivity contribution < 1.29 is 14.6 Å². The van der Waals surface area contributed by atoms with E-state index < -0.39 is 6.10 Å². The molecule has 0 unspecified atom stereocenters. The predicted octanol–water partition coefficient (Wildman–Crippen LogP) is 2.62. The highest BCUT2D eigenvalue weighted by Crippen LogP contribution is 2.20. The van der Waals surface area contributed by atoms with Crippen LogP contribution in [0.15, 0.2) is 53.7 Å². The molecular weight excluding hydrogens is 274 g/mol. The van der Waals surface area contributed by atoms with Crippen molar-refractivity contribution in [1.82, 2.24) is 4.98 Å². The molecule has 1 aromatic carbocycles. The first-order valence-corrected chi connectivity index (χ1v) is 7.25. The van der Waals surface area contributed by atoms with Gasteiger partial charge in [0, 0.05) is 18.0 Å². The van der Waals surface area contributed by atoms with Crippen LogP contribution >= 0.6 is 11.8 Å². The molecule has 1 atom stereocenters. The van der Waals surface area contributed by atoms with Crippen molar-refractivity contribution >= 4 is 11.8 Å². The number of rotatable bonds is 7. The van der Waals surface area contributed by atoms with Gasteiger partial charge < -0.3 is 14.6 Å². The van der Waals surface area contributed by atoms with Crippen LogP contribution in [0.2, 0.25) is 0 Å². The van der Waals surface area contributed by atoms with Crippen molar-refractivity contribution in [3.63, 3.8) is 0 Å². The van der Waals surface area contributed by atoms with Gasteiger partial charge in [0.05, 0.1) is 18.2 Å². The van der Waals surface area contributed by atoms with Gasteiger partial charge in [-0.05, 0) is 24.3 Å². The number of ether oxygens (including phenoxy) is 2. The summed E-state index contributed by atoms with van der Waals surface area (Å²) in [4.78, 5) is 4.19. The Morgan fingerprint density at radius 2 is 2.05 bits per heavy atom. The third-order valence-electron chi connectivity index (χ3n) is 2.54. The fraction of sp³-hybridized carbons (Fsp3) is 0.267. The minimum atomic E-state index is -0.548. The Bertz CT molecular complexity index is 522. The van der Waals surface area contributed by atoms with Crippen LogP contribution in [-0.4, -0.2) is 35.7 Å². The SMILES string of the molecule is COc1cccc(OC[C@@H](O)CSc2ccccn2)c1. The Balaban J connectivity index is 1.75. The summed E-state index contributed by atoms with van der Waals surface area (Å²) in [6.45, 7) is 0.243. The van der Waals surface area contributed by atoms with E-state index in [0.717, 1.165) is 10.8 Å². The maximum atomic E-state index is 9.89. The summed E-state index contributed by atoms with van der Waals surface area (Å²) >= 11 is 1.51. The Morgan fingerprint density at radius 1 is 1.20 bits per heavy atom. The molecule has 0 saturated carbocycles. The number of hydrogen-bond donors (Lipinski definition) is 1. The van der Waals surface area contributed by atoms with Crippen LogP contribution in [0.5, 0.6) is 11.5 Å². The van der Waals surface area contributed by atoms with Crippen LogP contribution < -0.4 is 9.47 Å². The maximum absolute atomic E-state index is 9.89. The van der Waals surface area contributed by atoms with Gasteiger partial charge in [-0.15, -0.1) is 11.8 Å². The number of aromatic nitrogens is 1. The van der Waals surface area contributed by atoms with E-state index in [2.05, 4.69) is 4.98 Å². The van der Waals surface area contributed by atoms with E-state index in [1.165, 1.54) is 11.8 Å². The molecule has 1 heterocycles. The number of methoxy groups -OCH3 is 1. The Hall–Kier alpha value is -1.72. The van der Waals surface area contributed by atoms with Crippen molar-refractivity contribution in [3.05, 3.63) is 48.7 Å². The second-order valence-corrected chi connectivity index (χ2v) is 5.16. The number of benzene rings is 1. The summed E-state index contributed by atoms with van der Waals surface area (Å²) in [7, 11) is 1.61. The van der Waals surface area contributed by atoms with Crippen LogP contribution in [0.4, 0.5) is 0 Å². The van der Waals surface area contributed by atoms with Gasteiger partial charge in [-0.2, -0.15) is 0 Å². The lowest BCUT2D eigenvalue weighted by Gasteiger charge is -2.12. The first-order valence-electron chi connectivity index (χ1n) is 6.26. The smallest absolute Gasteiger partial charge is 0.123 e. The Labute approximate surface area is 122 Å². The molecule has 0 fully saturated rings. The van der Waals surface area contributed by atoms with Crippen LogP contribution in [0.3, 0.4) is 0 Å². The minimum Gasteiger partial charge on any atom is -0.497 e. The topological polar surface area (TPSA) is 51.6 Å². The van der Waals surface area contributed by atoms with Gasteiger partial charge in [0.15, 0.2) is 0 Å². The third kappa shape index (κ3) is 4.75. The normalized spacial score (nSPS) is 11.9. The summed E-state index contributed by atoms with van der Waals surface area (Å²) in [6, 6.07) is 13.0. The van der Waals surface area contributed by atoms with Gasteiger partial charge in [0.25, 0.3) is 0 Å². The molecule has 1 N–H and O–H groups in total. The van der Waals surface area contributed by atoms with Crippen LogP contribution in [-0.2, 0) is 0 Å². The average Bonchev–Trinajstić information content (AvgIpc) is 2.52. The van der Waals surface area contributed by atoms with Crippen molar-refractivity contribution in [2.45, 2.75) is 11.1 Å². The van der Waals surface area contributed by atoms with E-state index >= 15 is 0 Å². The average molecular weight is 291 g/mol. The largest absolute Gasteiger partial charge is 0.497 e. The van der Waals surface area contributed by atoms with Gasteiger partial charge in [-0.25, -0.2) is 4.98 Å². The molecule has 0 saturated heterocycles. The highest BCUT2D eigenvalue weighted by Gasteiger charge is 2.07. The Kier molecular flexibility index (Phi) is 5.70. The zero-order chi connectivity index (χ0) is 14.2. The van der Waals surface area contributed by atoms with E-state index in [0.29, 0.717) is 11.5 Å². The molecule has 0 aliphatic rings. The second-order valence-electron chi connectivity index (χ2n) is 4.12. The van der Waals surface area contributed by atoms with Gasteiger partial charge in [-0.1, -0.05) is 12.1 Å². The molecule has 2 aromatic rings. The van der Waals surface area contributed by atoms with E-state index in [1.807, 2.05) is 36.4 Å². The lowest BCUT2D eigenvalue weighted by atomic mass is 10.3. The molecule has 0 aliphatic heterocycles. The van der Waals surface area contributed by atoms with Gasteiger partial charge in [0.1, 0.15) is 18.1 Å². The van der Waals surface area contributed by atoms with Crippen molar-refractivity contribution in [2.75, 3.05) is 19.5 Å². The first-order chi connectivity index (χ1) is 9.78. The van der Waals surface area contributed by atoms with Crippen molar-refractivity contribution in [1.29, 1.82) is 0 Å². The molecule has 4 nitrogen and oxygen atoms in total. The van der Waals surface area contributed by atoms with Gasteiger partial charge in [0.2, 0.25) is 0 Å². The molecular formula is C15H17NO3S. The van der Waals surface area contributed by atoms with E-state index in [4.69, 9.17) is 9.47 Å².